The first-order valence-electron chi connectivity index (χ1n) is 14.1. The van der Waals surface area contributed by atoms with Crippen LogP contribution in [-0.2, 0) is 5.41 Å². The van der Waals surface area contributed by atoms with Crippen molar-refractivity contribution in [3.8, 4) is 33.4 Å². The summed E-state index contributed by atoms with van der Waals surface area (Å²) in [6, 6.07) is 52.1. The zero-order valence-corrected chi connectivity index (χ0v) is 22.3. The smallest absolute Gasteiger partial charge is 0.0619 e. The summed E-state index contributed by atoms with van der Waals surface area (Å²) in [5.74, 6) is 0. The van der Waals surface area contributed by atoms with E-state index in [-0.39, 0.29) is 5.41 Å². The van der Waals surface area contributed by atoms with Crippen LogP contribution in [0.25, 0.3) is 54.9 Å². The maximum Gasteiger partial charge on any atom is 0.0725 e. The fraction of sp³-hybridized carbons (Fsp3) is 0.0500. The van der Waals surface area contributed by atoms with Crippen LogP contribution in [0.1, 0.15) is 27.8 Å². The first kappa shape index (κ1) is 21.9. The highest BCUT2D eigenvalue weighted by Crippen LogP contribution is 2.64. The van der Waals surface area contributed by atoms with Crippen LogP contribution in [0.3, 0.4) is 0 Å². The minimum absolute atomic E-state index is 0.328. The van der Waals surface area contributed by atoms with Crippen molar-refractivity contribution in [1.82, 2.24) is 0 Å². The minimum atomic E-state index is -0.328. The van der Waals surface area contributed by atoms with Gasteiger partial charge in [-0.15, -0.1) is 0 Å². The van der Waals surface area contributed by atoms with E-state index in [1.807, 2.05) is 0 Å². The molecular formula is C40H26. The van der Waals surface area contributed by atoms with Crippen molar-refractivity contribution in [2.75, 3.05) is 0 Å². The van der Waals surface area contributed by atoms with Gasteiger partial charge in [0.15, 0.2) is 0 Å². The monoisotopic (exact) mass is 506 g/mol. The third-order valence-corrected chi connectivity index (χ3v) is 9.49. The van der Waals surface area contributed by atoms with E-state index in [0.29, 0.717) is 0 Å². The van der Waals surface area contributed by atoms with Crippen LogP contribution in [0.15, 0.2) is 140 Å². The van der Waals surface area contributed by atoms with Crippen LogP contribution in [0.2, 0.25) is 0 Å². The standard InChI is InChI=1S/C40H26/c1-25-26-13-2-4-17-30(26)38(31-18-5-3-14-27(25)31)33-20-12-24-37-39(33)32-19-8-11-23-36(32)40(37)34-21-9-6-15-28(34)29-16-7-10-22-35(29)40/h2-24H,1H3. The van der Waals surface area contributed by atoms with E-state index in [4.69, 9.17) is 0 Å². The Kier molecular flexibility index (Phi) is 4.28. The second-order valence-corrected chi connectivity index (χ2v) is 11.2. The van der Waals surface area contributed by atoms with Gasteiger partial charge in [0.25, 0.3) is 0 Å². The molecule has 0 nitrogen and oxygen atoms in total. The van der Waals surface area contributed by atoms with Gasteiger partial charge in [-0.05, 0) is 89.7 Å². The molecule has 186 valence electrons. The van der Waals surface area contributed by atoms with Gasteiger partial charge in [-0.2, -0.15) is 0 Å². The largest absolute Gasteiger partial charge is 0.0725 e. The average molecular weight is 507 g/mol. The van der Waals surface area contributed by atoms with E-state index < -0.39 is 0 Å². The topological polar surface area (TPSA) is 0 Å². The number of benzene rings is 7. The van der Waals surface area contributed by atoms with Gasteiger partial charge < -0.3 is 0 Å². The summed E-state index contributed by atoms with van der Waals surface area (Å²) in [5.41, 5.74) is 14.6. The minimum Gasteiger partial charge on any atom is -0.0619 e. The predicted molar refractivity (Wildman–Crippen MR) is 168 cm³/mol. The molecule has 40 heavy (non-hydrogen) atoms. The van der Waals surface area contributed by atoms with E-state index in [0.717, 1.165) is 0 Å². The molecule has 7 aromatic rings. The molecule has 0 saturated carbocycles. The van der Waals surface area contributed by atoms with Crippen molar-refractivity contribution in [3.05, 3.63) is 167 Å². The number of hydrogen-bond donors (Lipinski definition) is 0. The molecule has 0 unspecified atom stereocenters. The van der Waals surface area contributed by atoms with Gasteiger partial charge >= 0.3 is 0 Å². The summed E-state index contributed by atoms with van der Waals surface area (Å²) < 4.78 is 0. The van der Waals surface area contributed by atoms with Crippen LogP contribution < -0.4 is 0 Å². The Bertz CT molecular complexity index is 2080. The fourth-order valence-corrected chi connectivity index (χ4v) is 7.99. The quantitative estimate of drug-likeness (QED) is 0.194. The van der Waals surface area contributed by atoms with Gasteiger partial charge in [-0.25, -0.2) is 0 Å². The van der Waals surface area contributed by atoms with Crippen molar-refractivity contribution < 1.29 is 0 Å². The van der Waals surface area contributed by atoms with Crippen LogP contribution in [0, 0.1) is 6.92 Å². The second kappa shape index (κ2) is 7.81. The molecule has 0 aromatic heterocycles. The molecule has 2 aliphatic carbocycles. The second-order valence-electron chi connectivity index (χ2n) is 11.2. The van der Waals surface area contributed by atoms with Gasteiger partial charge in [-0.3, -0.25) is 0 Å². The molecule has 0 bridgehead atoms. The van der Waals surface area contributed by atoms with Crippen LogP contribution in [-0.4, -0.2) is 0 Å². The molecule has 2 aliphatic rings. The maximum atomic E-state index is 2.39. The molecule has 9 rings (SSSR count). The van der Waals surface area contributed by atoms with E-state index in [9.17, 15) is 0 Å². The third-order valence-electron chi connectivity index (χ3n) is 9.49. The number of hydrogen-bond acceptors (Lipinski definition) is 0. The van der Waals surface area contributed by atoms with E-state index in [1.165, 1.54) is 82.7 Å². The zero-order valence-electron chi connectivity index (χ0n) is 22.3. The summed E-state index contributed by atoms with van der Waals surface area (Å²) >= 11 is 0. The number of rotatable bonds is 1. The van der Waals surface area contributed by atoms with E-state index >= 15 is 0 Å². The highest BCUT2D eigenvalue weighted by Gasteiger charge is 2.52. The Hall–Kier alpha value is -4.94. The number of aryl methyl sites for hydroxylation is 1. The van der Waals surface area contributed by atoms with Crippen LogP contribution in [0.4, 0.5) is 0 Å². The average Bonchev–Trinajstić information content (AvgIpc) is 3.49. The SMILES string of the molecule is Cc1c2ccccc2c(-c2cccc3c2-c2ccccc2C32c3ccccc3-c3ccccc32)c2ccccc12. The van der Waals surface area contributed by atoms with E-state index in [1.54, 1.807) is 0 Å². The van der Waals surface area contributed by atoms with Gasteiger partial charge in [0, 0.05) is 0 Å². The van der Waals surface area contributed by atoms with E-state index in [2.05, 4.69) is 146 Å². The van der Waals surface area contributed by atoms with Crippen molar-refractivity contribution in [1.29, 1.82) is 0 Å². The van der Waals surface area contributed by atoms with Gasteiger partial charge in [0.05, 0.1) is 5.41 Å². The summed E-state index contributed by atoms with van der Waals surface area (Å²) in [4.78, 5) is 0. The third kappa shape index (κ3) is 2.52. The number of fused-ring (bicyclic) bond motifs is 12. The predicted octanol–water partition coefficient (Wildman–Crippen LogP) is 10.3. The highest BCUT2D eigenvalue weighted by atomic mass is 14.5. The van der Waals surface area contributed by atoms with Gasteiger partial charge in [-0.1, -0.05) is 140 Å². The molecule has 0 amide bonds. The lowest BCUT2D eigenvalue weighted by molar-refractivity contribution is 0.794. The van der Waals surface area contributed by atoms with Gasteiger partial charge in [0.2, 0.25) is 0 Å². The first-order chi connectivity index (χ1) is 19.8. The Balaban J connectivity index is 1.49. The molecule has 0 saturated heterocycles. The summed E-state index contributed by atoms with van der Waals surface area (Å²) in [6.07, 6.45) is 0. The molecule has 7 aromatic carbocycles. The normalized spacial score (nSPS) is 13.8. The summed E-state index contributed by atoms with van der Waals surface area (Å²) in [6.45, 7) is 2.26. The molecule has 0 heterocycles. The molecule has 0 aliphatic heterocycles. The highest BCUT2D eigenvalue weighted by molar-refractivity contribution is 6.17. The molecule has 0 fully saturated rings. The molecular weight excluding hydrogens is 480 g/mol. The lowest BCUT2D eigenvalue weighted by Crippen LogP contribution is -2.25. The summed E-state index contributed by atoms with van der Waals surface area (Å²) in [5, 5.41) is 5.29. The Labute approximate surface area is 234 Å². The van der Waals surface area contributed by atoms with Crippen molar-refractivity contribution in [3.63, 3.8) is 0 Å². The maximum absolute atomic E-state index is 2.39. The fourth-order valence-electron chi connectivity index (χ4n) is 7.99. The van der Waals surface area contributed by atoms with Crippen molar-refractivity contribution in [2.45, 2.75) is 12.3 Å². The molecule has 0 heteroatoms. The van der Waals surface area contributed by atoms with Gasteiger partial charge in [0.1, 0.15) is 0 Å². The zero-order chi connectivity index (χ0) is 26.4. The lowest BCUT2D eigenvalue weighted by atomic mass is 9.70. The first-order valence-corrected chi connectivity index (χ1v) is 14.1. The molecule has 0 atom stereocenters. The Morgan fingerprint density at radius 1 is 0.325 bits per heavy atom. The van der Waals surface area contributed by atoms with Crippen molar-refractivity contribution in [2.24, 2.45) is 0 Å². The molecule has 0 N–H and O–H groups in total. The molecule has 1 spiro atoms. The Morgan fingerprint density at radius 2 is 0.725 bits per heavy atom. The van der Waals surface area contributed by atoms with Crippen LogP contribution in [0.5, 0.6) is 0 Å². The Morgan fingerprint density at radius 3 is 1.30 bits per heavy atom. The van der Waals surface area contributed by atoms with Crippen LogP contribution >= 0.6 is 0 Å². The van der Waals surface area contributed by atoms with Crippen molar-refractivity contribution >= 4 is 21.5 Å². The molecule has 0 radical (unpaired) electrons. The summed E-state index contributed by atoms with van der Waals surface area (Å²) in [7, 11) is 0. The lowest BCUT2D eigenvalue weighted by Gasteiger charge is -2.30.